The Morgan fingerprint density at radius 2 is 2.00 bits per heavy atom. The molecule has 0 radical (unpaired) electrons. The average molecular weight is 323 g/mol. The lowest BCUT2D eigenvalue weighted by Gasteiger charge is -2.16. The predicted octanol–water partition coefficient (Wildman–Crippen LogP) is 2.61. The third-order valence-electron chi connectivity index (χ3n) is 3.87. The average Bonchev–Trinajstić information content (AvgIpc) is 3.28. The Balaban J connectivity index is 1.74. The second-order valence-electron chi connectivity index (χ2n) is 5.39. The first-order chi connectivity index (χ1) is 11.7. The minimum Gasteiger partial charge on any atom is -0.467 e. The molecule has 2 N–H and O–H groups in total. The summed E-state index contributed by atoms with van der Waals surface area (Å²) in [6, 6.07) is 9.62. The zero-order valence-corrected chi connectivity index (χ0v) is 12.6. The highest BCUT2D eigenvalue weighted by Crippen LogP contribution is 2.28. The Kier molecular flexibility index (Phi) is 3.55. The van der Waals surface area contributed by atoms with Gasteiger partial charge in [0.25, 0.3) is 0 Å². The largest absolute Gasteiger partial charge is 0.467 e. The third kappa shape index (κ3) is 2.44. The number of benzene rings is 1. The molecular weight excluding hydrogens is 309 g/mol. The minimum absolute atomic E-state index is 0.269. The summed E-state index contributed by atoms with van der Waals surface area (Å²) in [6.07, 6.45) is 4.61. The van der Waals surface area contributed by atoms with Gasteiger partial charge in [-0.3, -0.25) is 0 Å². The molecule has 1 aromatic heterocycles. The lowest BCUT2D eigenvalue weighted by molar-refractivity contribution is 0.485. The number of imidazole rings is 1. The molecule has 0 aliphatic carbocycles. The topological polar surface area (TPSA) is 82.8 Å². The fourth-order valence-corrected chi connectivity index (χ4v) is 2.66. The summed E-state index contributed by atoms with van der Waals surface area (Å²) in [5.74, 6) is 0.929. The van der Waals surface area contributed by atoms with Crippen molar-refractivity contribution in [1.29, 1.82) is 0 Å². The van der Waals surface area contributed by atoms with Gasteiger partial charge in [-0.1, -0.05) is 18.2 Å². The molecule has 0 spiro atoms. The lowest BCUT2D eigenvalue weighted by Crippen LogP contribution is -2.18. The number of rotatable bonds is 4. The van der Waals surface area contributed by atoms with Crippen molar-refractivity contribution in [3.63, 3.8) is 0 Å². The van der Waals surface area contributed by atoms with Gasteiger partial charge in [0.05, 0.1) is 24.8 Å². The van der Waals surface area contributed by atoms with E-state index in [1.54, 1.807) is 47.5 Å². The van der Waals surface area contributed by atoms with Crippen molar-refractivity contribution in [1.82, 2.24) is 19.5 Å². The standard InChI is InChI=1S/C17H14FN5O/c18-12-5-2-1-4-11(12)8-23-10-22-15(16-17(23)21-9-20-16)14(19)13-6-3-7-24-13/h1-7,9-10,14H,8,19H2. The minimum atomic E-state index is -0.540. The fraction of sp³-hybridized carbons (Fsp3) is 0.118. The first-order valence-corrected chi connectivity index (χ1v) is 7.42. The molecule has 24 heavy (non-hydrogen) atoms. The van der Waals surface area contributed by atoms with E-state index in [9.17, 15) is 4.39 Å². The molecule has 0 fully saturated rings. The van der Waals surface area contributed by atoms with E-state index >= 15 is 0 Å². The van der Waals surface area contributed by atoms with Crippen molar-refractivity contribution >= 4 is 0 Å². The Morgan fingerprint density at radius 3 is 2.79 bits per heavy atom. The van der Waals surface area contributed by atoms with Crippen LogP contribution in [0.3, 0.4) is 0 Å². The zero-order chi connectivity index (χ0) is 16.5. The normalized spacial score (nSPS) is 12.6. The summed E-state index contributed by atoms with van der Waals surface area (Å²) >= 11 is 0. The quantitative estimate of drug-likeness (QED) is 0.624. The molecule has 6 nitrogen and oxygen atoms in total. The number of nitrogens with zero attached hydrogens (tertiary/aromatic N) is 4. The highest BCUT2D eigenvalue weighted by Gasteiger charge is 2.24. The van der Waals surface area contributed by atoms with Crippen LogP contribution in [0.4, 0.5) is 4.39 Å². The van der Waals surface area contributed by atoms with E-state index in [0.717, 1.165) is 0 Å². The van der Waals surface area contributed by atoms with Gasteiger partial charge in [-0.15, -0.1) is 0 Å². The fourth-order valence-electron chi connectivity index (χ4n) is 2.66. The molecule has 0 saturated carbocycles. The first kappa shape index (κ1) is 14.5. The molecule has 4 rings (SSSR count). The van der Waals surface area contributed by atoms with E-state index in [1.165, 1.54) is 12.4 Å². The molecule has 0 amide bonds. The molecule has 1 aromatic carbocycles. The number of hydrogen-bond donors (Lipinski definition) is 1. The number of fused-ring (bicyclic) bond motifs is 1. The van der Waals surface area contributed by atoms with E-state index in [0.29, 0.717) is 35.1 Å². The van der Waals surface area contributed by atoms with Crippen LogP contribution >= 0.6 is 0 Å². The van der Waals surface area contributed by atoms with Gasteiger partial charge in [0.2, 0.25) is 0 Å². The van der Waals surface area contributed by atoms with Crippen LogP contribution in [0.5, 0.6) is 0 Å². The number of halogens is 1. The number of nitrogens with two attached hydrogens (primary N) is 1. The Morgan fingerprint density at radius 1 is 1.12 bits per heavy atom. The molecule has 1 unspecified atom stereocenters. The van der Waals surface area contributed by atoms with E-state index in [-0.39, 0.29) is 5.82 Å². The van der Waals surface area contributed by atoms with Gasteiger partial charge in [-0.05, 0) is 18.2 Å². The Hall–Kier alpha value is -3.06. The molecule has 1 atom stereocenters. The molecular formula is C17H14FN5O. The van der Waals surface area contributed by atoms with Crippen LogP contribution in [0.1, 0.15) is 23.1 Å². The van der Waals surface area contributed by atoms with Gasteiger partial charge in [0.1, 0.15) is 29.6 Å². The van der Waals surface area contributed by atoms with Crippen LogP contribution in [0.25, 0.3) is 11.5 Å². The summed E-state index contributed by atoms with van der Waals surface area (Å²) in [6.45, 7) is 0.311. The highest BCUT2D eigenvalue weighted by atomic mass is 19.1. The van der Waals surface area contributed by atoms with Crippen LogP contribution in [0, 0.1) is 5.82 Å². The van der Waals surface area contributed by atoms with Crippen molar-refractivity contribution in [3.8, 4) is 11.5 Å². The van der Waals surface area contributed by atoms with Crippen LogP contribution in [-0.4, -0.2) is 19.5 Å². The lowest BCUT2D eigenvalue weighted by atomic mass is 10.1. The highest BCUT2D eigenvalue weighted by molar-refractivity contribution is 5.56. The smallest absolute Gasteiger partial charge is 0.163 e. The third-order valence-corrected chi connectivity index (χ3v) is 3.87. The van der Waals surface area contributed by atoms with Crippen molar-refractivity contribution in [2.24, 2.45) is 5.73 Å². The molecule has 2 aliphatic heterocycles. The van der Waals surface area contributed by atoms with Gasteiger partial charge in [-0.2, -0.15) is 0 Å². The first-order valence-electron chi connectivity index (χ1n) is 7.42. The molecule has 120 valence electrons. The Labute approximate surface area is 137 Å². The van der Waals surface area contributed by atoms with E-state index in [4.69, 9.17) is 10.2 Å². The molecule has 7 heteroatoms. The maximum Gasteiger partial charge on any atom is 0.163 e. The summed E-state index contributed by atoms with van der Waals surface area (Å²) < 4.78 is 21.0. The van der Waals surface area contributed by atoms with Gasteiger partial charge in [0.15, 0.2) is 5.82 Å². The second-order valence-corrected chi connectivity index (χ2v) is 5.39. The molecule has 0 saturated heterocycles. The summed E-state index contributed by atoms with van der Waals surface area (Å²) in [5.41, 5.74) is 7.92. The molecule has 3 heterocycles. The van der Waals surface area contributed by atoms with Crippen molar-refractivity contribution < 1.29 is 8.81 Å². The summed E-state index contributed by atoms with van der Waals surface area (Å²) in [4.78, 5) is 13.0. The van der Waals surface area contributed by atoms with E-state index in [1.807, 2.05) is 0 Å². The SMILES string of the molecule is NC(c1ccco1)c1ncn(Cc2ccccc2F)c2ncnc1-2. The van der Waals surface area contributed by atoms with E-state index in [2.05, 4.69) is 15.0 Å². The van der Waals surface area contributed by atoms with Crippen LogP contribution in [0.15, 0.2) is 59.7 Å². The van der Waals surface area contributed by atoms with Crippen LogP contribution in [-0.2, 0) is 6.54 Å². The van der Waals surface area contributed by atoms with Gasteiger partial charge < -0.3 is 14.7 Å². The zero-order valence-electron chi connectivity index (χ0n) is 12.6. The number of aromatic nitrogens is 4. The maximum absolute atomic E-state index is 13.9. The molecule has 2 aliphatic rings. The number of furan rings is 1. The van der Waals surface area contributed by atoms with Crippen molar-refractivity contribution in [2.75, 3.05) is 0 Å². The van der Waals surface area contributed by atoms with Gasteiger partial charge in [-0.25, -0.2) is 19.3 Å². The van der Waals surface area contributed by atoms with Crippen LogP contribution in [0.2, 0.25) is 0 Å². The summed E-state index contributed by atoms with van der Waals surface area (Å²) in [7, 11) is 0. The monoisotopic (exact) mass is 323 g/mol. The molecule has 2 aromatic rings. The van der Waals surface area contributed by atoms with E-state index < -0.39 is 6.04 Å². The predicted molar refractivity (Wildman–Crippen MR) is 84.7 cm³/mol. The van der Waals surface area contributed by atoms with Crippen molar-refractivity contribution in [3.05, 3.63) is 78.2 Å². The van der Waals surface area contributed by atoms with Crippen molar-refractivity contribution in [2.45, 2.75) is 12.6 Å². The Bertz CT molecular complexity index is 934. The number of hydrogen-bond acceptors (Lipinski definition) is 5. The molecule has 0 bridgehead atoms. The van der Waals surface area contributed by atoms with Gasteiger partial charge in [0, 0.05) is 5.56 Å². The van der Waals surface area contributed by atoms with Crippen LogP contribution < -0.4 is 5.73 Å². The second kappa shape index (κ2) is 5.86. The maximum atomic E-state index is 13.9. The summed E-state index contributed by atoms with van der Waals surface area (Å²) in [5, 5.41) is 0. The van der Waals surface area contributed by atoms with Gasteiger partial charge >= 0.3 is 0 Å².